The van der Waals surface area contributed by atoms with Gasteiger partial charge in [-0.3, -0.25) is 0 Å². The van der Waals surface area contributed by atoms with Crippen LogP contribution >= 0.6 is 0 Å². The van der Waals surface area contributed by atoms with Gasteiger partial charge in [-0.25, -0.2) is 13.8 Å². The molecule has 0 unspecified atom stereocenters. The van der Waals surface area contributed by atoms with Crippen LogP contribution in [-0.4, -0.2) is 16.5 Å². The first kappa shape index (κ1) is 12.7. The average Bonchev–Trinajstić information content (AvgIpc) is 2.64. The van der Waals surface area contributed by atoms with E-state index >= 15 is 0 Å². The van der Waals surface area contributed by atoms with Gasteiger partial charge in [-0.15, -0.1) is 0 Å². The van der Waals surface area contributed by atoms with Crippen LogP contribution in [0.2, 0.25) is 0 Å². The minimum Gasteiger partial charge on any atom is -0.346 e. The molecule has 0 saturated carbocycles. The molecule has 1 aromatic heterocycles. The Morgan fingerprint density at radius 3 is 2.78 bits per heavy atom. The van der Waals surface area contributed by atoms with Gasteiger partial charge in [-0.1, -0.05) is 6.07 Å². The predicted molar refractivity (Wildman–Crippen MR) is 65.2 cm³/mol. The summed E-state index contributed by atoms with van der Waals surface area (Å²) in [4.78, 5) is 7.47. The Labute approximate surface area is 104 Å². The van der Waals surface area contributed by atoms with E-state index in [0.29, 0.717) is 24.9 Å². The SMILES string of the molecule is Cc1[nH]c(CCN)nc1Cc1ccc(F)cc1F. The quantitative estimate of drug-likeness (QED) is 0.874. The number of nitrogens with one attached hydrogen (secondary N) is 1. The lowest BCUT2D eigenvalue weighted by atomic mass is 10.1. The van der Waals surface area contributed by atoms with Crippen LogP contribution in [0.1, 0.15) is 22.8 Å². The Hall–Kier alpha value is -1.75. The molecule has 0 aliphatic heterocycles. The van der Waals surface area contributed by atoms with Crippen LogP contribution in [0.4, 0.5) is 8.78 Å². The summed E-state index contributed by atoms with van der Waals surface area (Å²) >= 11 is 0. The van der Waals surface area contributed by atoms with Crippen LogP contribution in [-0.2, 0) is 12.8 Å². The first-order valence-corrected chi connectivity index (χ1v) is 5.78. The summed E-state index contributed by atoms with van der Waals surface area (Å²) in [6, 6.07) is 3.58. The van der Waals surface area contributed by atoms with Gasteiger partial charge in [0.2, 0.25) is 0 Å². The van der Waals surface area contributed by atoms with E-state index in [9.17, 15) is 8.78 Å². The third kappa shape index (κ3) is 2.73. The molecule has 2 aromatic rings. The van der Waals surface area contributed by atoms with Crippen LogP contribution in [0.15, 0.2) is 18.2 Å². The maximum Gasteiger partial charge on any atom is 0.129 e. The minimum absolute atomic E-state index is 0.346. The molecule has 2 rings (SSSR count). The van der Waals surface area contributed by atoms with Crippen LogP contribution in [0.25, 0.3) is 0 Å². The monoisotopic (exact) mass is 251 g/mol. The molecule has 3 N–H and O–H groups in total. The lowest BCUT2D eigenvalue weighted by Gasteiger charge is -2.01. The topological polar surface area (TPSA) is 54.7 Å². The fourth-order valence-corrected chi connectivity index (χ4v) is 1.84. The van der Waals surface area contributed by atoms with E-state index in [1.807, 2.05) is 6.92 Å². The molecule has 5 heteroatoms. The zero-order valence-corrected chi connectivity index (χ0v) is 10.1. The maximum absolute atomic E-state index is 13.5. The van der Waals surface area contributed by atoms with Gasteiger partial charge in [0.05, 0.1) is 5.69 Å². The molecule has 3 nitrogen and oxygen atoms in total. The predicted octanol–water partition coefficient (Wildman–Crippen LogP) is 2.09. The number of benzene rings is 1. The molecule has 0 atom stereocenters. The molecular weight excluding hydrogens is 236 g/mol. The lowest BCUT2D eigenvalue weighted by molar-refractivity contribution is 0.574. The van der Waals surface area contributed by atoms with Crippen molar-refractivity contribution in [2.75, 3.05) is 6.54 Å². The van der Waals surface area contributed by atoms with Crippen molar-refractivity contribution >= 4 is 0 Å². The first-order chi connectivity index (χ1) is 8.60. The molecule has 0 spiro atoms. The molecule has 0 aliphatic rings. The summed E-state index contributed by atoms with van der Waals surface area (Å²) in [5.74, 6) is -0.316. The second-order valence-electron chi connectivity index (χ2n) is 4.21. The summed E-state index contributed by atoms with van der Waals surface area (Å²) in [7, 11) is 0. The van der Waals surface area contributed by atoms with Crippen LogP contribution in [0, 0.1) is 18.6 Å². The summed E-state index contributed by atoms with van der Waals surface area (Å²) in [6.07, 6.45) is 1.01. The van der Waals surface area contributed by atoms with Crippen molar-refractivity contribution in [3.05, 3.63) is 52.6 Å². The van der Waals surface area contributed by atoms with Gasteiger partial charge in [-0.05, 0) is 25.1 Å². The number of aromatic amines is 1. The Morgan fingerprint density at radius 1 is 1.33 bits per heavy atom. The highest BCUT2D eigenvalue weighted by Crippen LogP contribution is 2.16. The zero-order valence-electron chi connectivity index (χ0n) is 10.1. The van der Waals surface area contributed by atoms with Gasteiger partial charge in [0.1, 0.15) is 17.5 Å². The van der Waals surface area contributed by atoms with E-state index in [2.05, 4.69) is 9.97 Å². The minimum atomic E-state index is -0.571. The lowest BCUT2D eigenvalue weighted by Crippen LogP contribution is -2.04. The normalized spacial score (nSPS) is 10.9. The van der Waals surface area contributed by atoms with Crippen molar-refractivity contribution in [3.8, 4) is 0 Å². The number of hydrogen-bond donors (Lipinski definition) is 2. The number of rotatable bonds is 4. The van der Waals surface area contributed by atoms with E-state index in [4.69, 9.17) is 5.73 Å². The maximum atomic E-state index is 13.5. The van der Waals surface area contributed by atoms with Crippen molar-refractivity contribution in [1.29, 1.82) is 0 Å². The Bertz CT molecular complexity index is 549. The smallest absolute Gasteiger partial charge is 0.129 e. The largest absolute Gasteiger partial charge is 0.346 e. The van der Waals surface area contributed by atoms with Gasteiger partial charge in [0.25, 0.3) is 0 Å². The molecular formula is C13H15F2N3. The van der Waals surface area contributed by atoms with Crippen molar-refractivity contribution < 1.29 is 8.78 Å². The number of hydrogen-bond acceptors (Lipinski definition) is 2. The highest BCUT2D eigenvalue weighted by molar-refractivity contribution is 5.26. The van der Waals surface area contributed by atoms with Gasteiger partial charge in [0.15, 0.2) is 0 Å². The van der Waals surface area contributed by atoms with Crippen LogP contribution in [0.3, 0.4) is 0 Å². The molecule has 0 fully saturated rings. The van der Waals surface area contributed by atoms with Crippen molar-refractivity contribution in [2.45, 2.75) is 19.8 Å². The second-order valence-corrected chi connectivity index (χ2v) is 4.21. The number of halogens is 2. The van der Waals surface area contributed by atoms with Crippen molar-refractivity contribution in [1.82, 2.24) is 9.97 Å². The zero-order chi connectivity index (χ0) is 13.1. The van der Waals surface area contributed by atoms with Crippen molar-refractivity contribution in [2.24, 2.45) is 5.73 Å². The molecule has 0 radical (unpaired) electrons. The second kappa shape index (κ2) is 5.27. The van der Waals surface area contributed by atoms with E-state index in [-0.39, 0.29) is 0 Å². The van der Waals surface area contributed by atoms with E-state index in [1.165, 1.54) is 12.1 Å². The Balaban J connectivity index is 2.22. The summed E-state index contributed by atoms with van der Waals surface area (Å²) < 4.78 is 26.3. The molecule has 18 heavy (non-hydrogen) atoms. The van der Waals surface area contributed by atoms with Gasteiger partial charge >= 0.3 is 0 Å². The number of nitrogens with zero attached hydrogens (tertiary/aromatic N) is 1. The Kier molecular flexibility index (Phi) is 3.72. The third-order valence-electron chi connectivity index (χ3n) is 2.79. The molecule has 0 aliphatic carbocycles. The molecule has 1 aromatic carbocycles. The number of aromatic nitrogens is 2. The Morgan fingerprint density at radius 2 is 2.11 bits per heavy atom. The molecule has 0 amide bonds. The highest BCUT2D eigenvalue weighted by atomic mass is 19.1. The van der Waals surface area contributed by atoms with E-state index in [1.54, 1.807) is 0 Å². The van der Waals surface area contributed by atoms with Gasteiger partial charge < -0.3 is 10.7 Å². The molecule has 0 bridgehead atoms. The van der Waals surface area contributed by atoms with Crippen molar-refractivity contribution in [3.63, 3.8) is 0 Å². The third-order valence-corrected chi connectivity index (χ3v) is 2.79. The first-order valence-electron chi connectivity index (χ1n) is 5.78. The van der Waals surface area contributed by atoms with Crippen LogP contribution in [0.5, 0.6) is 0 Å². The van der Waals surface area contributed by atoms with E-state index in [0.717, 1.165) is 23.3 Å². The molecule has 1 heterocycles. The summed E-state index contributed by atoms with van der Waals surface area (Å²) in [5.41, 5.74) is 7.55. The number of imidazole rings is 1. The number of H-pyrrole nitrogens is 1. The summed E-state index contributed by atoms with van der Waals surface area (Å²) in [5, 5.41) is 0. The molecule has 0 saturated heterocycles. The van der Waals surface area contributed by atoms with E-state index < -0.39 is 11.6 Å². The molecule has 96 valence electrons. The number of aryl methyl sites for hydroxylation is 1. The summed E-state index contributed by atoms with van der Waals surface area (Å²) in [6.45, 7) is 2.39. The highest BCUT2D eigenvalue weighted by Gasteiger charge is 2.10. The fraction of sp³-hybridized carbons (Fsp3) is 0.308. The number of nitrogens with two attached hydrogens (primary N) is 1. The average molecular weight is 251 g/mol. The van der Waals surface area contributed by atoms with Gasteiger partial charge in [-0.2, -0.15) is 0 Å². The fourth-order valence-electron chi connectivity index (χ4n) is 1.84. The van der Waals surface area contributed by atoms with Gasteiger partial charge in [0, 0.05) is 24.6 Å². The standard InChI is InChI=1S/C13H15F2N3/c1-8-12(18-13(17-8)4-5-16)6-9-2-3-10(14)7-11(9)15/h2-3,7H,4-6,16H2,1H3,(H,17,18). The van der Waals surface area contributed by atoms with Crippen LogP contribution < -0.4 is 5.73 Å².